The van der Waals surface area contributed by atoms with Gasteiger partial charge in [0.05, 0.1) is 5.69 Å². The van der Waals surface area contributed by atoms with Gasteiger partial charge in [0.25, 0.3) is 5.91 Å². The van der Waals surface area contributed by atoms with Crippen LogP contribution in [0.1, 0.15) is 53.8 Å². The summed E-state index contributed by atoms with van der Waals surface area (Å²) >= 11 is 1.15. The van der Waals surface area contributed by atoms with Crippen LogP contribution in [0, 0.1) is 6.92 Å². The molecule has 0 atom stereocenters. The van der Waals surface area contributed by atoms with Crippen molar-refractivity contribution in [3.05, 3.63) is 22.5 Å². The van der Waals surface area contributed by atoms with E-state index in [1.807, 2.05) is 13.0 Å². The number of amides is 1. The van der Waals surface area contributed by atoms with Gasteiger partial charge >= 0.3 is 0 Å². The number of hydrogen-bond acceptors (Lipinski definition) is 8. The number of aryl methyl sites for hydroxylation is 2. The average Bonchev–Trinajstić information content (AvgIpc) is 3.14. The van der Waals surface area contributed by atoms with E-state index >= 15 is 0 Å². The van der Waals surface area contributed by atoms with Crippen molar-refractivity contribution in [2.24, 2.45) is 0 Å². The first-order valence-electron chi connectivity index (χ1n) is 9.61. The number of carbonyl (C=O) groups is 1. The van der Waals surface area contributed by atoms with Crippen LogP contribution in [0.2, 0.25) is 0 Å². The van der Waals surface area contributed by atoms with Crippen LogP contribution in [-0.2, 0) is 6.42 Å². The summed E-state index contributed by atoms with van der Waals surface area (Å²) in [6.07, 6.45) is 5.44. The third-order valence-corrected chi connectivity index (χ3v) is 5.24. The number of anilines is 2. The minimum atomic E-state index is -0.108. The number of carbonyl (C=O) groups excluding carboxylic acids is 1. The Bertz CT molecular complexity index is 758. The van der Waals surface area contributed by atoms with Gasteiger partial charge in [-0.05, 0) is 44.1 Å². The minimum Gasteiger partial charge on any atom is -0.368 e. The van der Waals surface area contributed by atoms with E-state index in [-0.39, 0.29) is 5.91 Å². The molecule has 2 aromatic rings. The van der Waals surface area contributed by atoms with E-state index in [0.29, 0.717) is 18.0 Å². The maximum Gasteiger partial charge on any atom is 0.265 e. The van der Waals surface area contributed by atoms with Crippen LogP contribution in [0.3, 0.4) is 0 Å². The molecule has 0 unspecified atom stereocenters. The molecule has 0 spiro atoms. The molecule has 1 amide bonds. The average molecular weight is 390 g/mol. The lowest BCUT2D eigenvalue weighted by atomic mass is 10.1. The third kappa shape index (κ3) is 5.35. The zero-order valence-electron chi connectivity index (χ0n) is 16.0. The summed E-state index contributed by atoms with van der Waals surface area (Å²) in [5.74, 6) is 2.42. The van der Waals surface area contributed by atoms with E-state index in [4.69, 9.17) is 0 Å². The van der Waals surface area contributed by atoms with Crippen LogP contribution >= 0.6 is 11.5 Å². The van der Waals surface area contributed by atoms with Gasteiger partial charge in [0, 0.05) is 32.2 Å². The van der Waals surface area contributed by atoms with Gasteiger partial charge in [0.15, 0.2) is 0 Å². The smallest absolute Gasteiger partial charge is 0.265 e. The van der Waals surface area contributed by atoms with E-state index in [1.165, 1.54) is 19.3 Å². The van der Waals surface area contributed by atoms with Crippen molar-refractivity contribution in [1.29, 1.82) is 0 Å². The Morgan fingerprint density at radius 2 is 2.04 bits per heavy atom. The van der Waals surface area contributed by atoms with E-state index in [2.05, 4.69) is 42.0 Å². The lowest BCUT2D eigenvalue weighted by molar-refractivity contribution is 0.0958. The molecule has 0 bridgehead atoms. The van der Waals surface area contributed by atoms with E-state index in [9.17, 15) is 4.79 Å². The van der Waals surface area contributed by atoms with Crippen LogP contribution in [-0.4, -0.2) is 51.6 Å². The zero-order valence-corrected chi connectivity index (χ0v) is 16.8. The fourth-order valence-corrected chi connectivity index (χ4v) is 3.78. The standard InChI is InChI=1S/C18H27N7OS/c1-3-7-14-17(27-24-23-14)18(26)20-9-8-19-15-12-16(22-13(2)21-15)25-10-5-4-6-11-25/h12H,3-11H2,1-2H3,(H,20,26)(H,19,21,22). The summed E-state index contributed by atoms with van der Waals surface area (Å²) < 4.78 is 3.90. The molecule has 27 heavy (non-hydrogen) atoms. The molecule has 2 aromatic heterocycles. The largest absolute Gasteiger partial charge is 0.368 e. The van der Waals surface area contributed by atoms with Crippen molar-refractivity contribution in [2.45, 2.75) is 46.0 Å². The van der Waals surface area contributed by atoms with E-state index in [1.54, 1.807) is 0 Å². The number of piperidine rings is 1. The molecule has 0 aromatic carbocycles. The SMILES string of the molecule is CCCc1nnsc1C(=O)NCCNc1cc(N2CCCCC2)nc(C)n1. The Morgan fingerprint density at radius 3 is 2.81 bits per heavy atom. The molecule has 3 rings (SSSR count). The summed E-state index contributed by atoms with van der Waals surface area (Å²) in [7, 11) is 0. The van der Waals surface area contributed by atoms with E-state index < -0.39 is 0 Å². The molecule has 9 heteroatoms. The van der Waals surface area contributed by atoms with Crippen molar-refractivity contribution >= 4 is 29.1 Å². The molecule has 0 saturated carbocycles. The fourth-order valence-electron chi connectivity index (χ4n) is 3.16. The van der Waals surface area contributed by atoms with Crippen molar-refractivity contribution in [1.82, 2.24) is 24.9 Å². The lowest BCUT2D eigenvalue weighted by Gasteiger charge is -2.28. The van der Waals surface area contributed by atoms with Crippen molar-refractivity contribution in [3.8, 4) is 0 Å². The first-order valence-corrected chi connectivity index (χ1v) is 10.4. The van der Waals surface area contributed by atoms with Crippen LogP contribution in [0.4, 0.5) is 11.6 Å². The first kappa shape index (κ1) is 19.5. The van der Waals surface area contributed by atoms with Gasteiger partial charge in [-0.2, -0.15) is 0 Å². The van der Waals surface area contributed by atoms with E-state index in [0.717, 1.165) is 60.6 Å². The van der Waals surface area contributed by atoms with Crippen LogP contribution < -0.4 is 15.5 Å². The quantitative estimate of drug-likeness (QED) is 0.669. The van der Waals surface area contributed by atoms with Gasteiger partial charge in [-0.1, -0.05) is 17.8 Å². The summed E-state index contributed by atoms with van der Waals surface area (Å²) in [6, 6.07) is 1.99. The maximum absolute atomic E-state index is 12.3. The monoisotopic (exact) mass is 389 g/mol. The van der Waals surface area contributed by atoms with Crippen molar-refractivity contribution < 1.29 is 4.79 Å². The Balaban J connectivity index is 1.50. The molecule has 1 aliphatic heterocycles. The number of hydrogen-bond donors (Lipinski definition) is 2. The first-order chi connectivity index (χ1) is 13.2. The highest BCUT2D eigenvalue weighted by Gasteiger charge is 2.16. The Kier molecular flexibility index (Phi) is 6.92. The van der Waals surface area contributed by atoms with Crippen molar-refractivity contribution in [2.75, 3.05) is 36.4 Å². The molecule has 2 N–H and O–H groups in total. The number of rotatable bonds is 8. The van der Waals surface area contributed by atoms with Crippen molar-refractivity contribution in [3.63, 3.8) is 0 Å². The summed E-state index contributed by atoms with van der Waals surface area (Å²) in [5, 5.41) is 10.2. The molecule has 0 aliphatic carbocycles. The van der Waals surface area contributed by atoms with Crippen LogP contribution in [0.25, 0.3) is 0 Å². The highest BCUT2D eigenvalue weighted by molar-refractivity contribution is 7.08. The third-order valence-electron chi connectivity index (χ3n) is 4.47. The molecule has 3 heterocycles. The van der Waals surface area contributed by atoms with Gasteiger partial charge in [0.1, 0.15) is 22.3 Å². The second-order valence-corrected chi connectivity index (χ2v) is 7.44. The van der Waals surface area contributed by atoms with Gasteiger partial charge in [0.2, 0.25) is 0 Å². The van der Waals surface area contributed by atoms with Gasteiger partial charge in [-0.25, -0.2) is 9.97 Å². The summed E-state index contributed by atoms with van der Waals surface area (Å²) in [6.45, 7) is 7.17. The maximum atomic E-state index is 12.3. The molecular weight excluding hydrogens is 362 g/mol. The number of nitrogens with one attached hydrogen (secondary N) is 2. The lowest BCUT2D eigenvalue weighted by Crippen LogP contribution is -2.31. The molecule has 8 nitrogen and oxygen atoms in total. The molecule has 146 valence electrons. The Hall–Kier alpha value is -2.29. The van der Waals surface area contributed by atoms with Gasteiger partial charge < -0.3 is 15.5 Å². The predicted octanol–water partition coefficient (Wildman–Crippen LogP) is 2.42. The number of aromatic nitrogens is 4. The fraction of sp³-hybridized carbons (Fsp3) is 0.611. The second kappa shape index (κ2) is 9.59. The van der Waals surface area contributed by atoms with Crippen LogP contribution in [0.15, 0.2) is 6.07 Å². The molecule has 1 saturated heterocycles. The predicted molar refractivity (Wildman–Crippen MR) is 108 cm³/mol. The highest BCUT2D eigenvalue weighted by atomic mass is 32.1. The molecule has 1 aliphatic rings. The minimum absolute atomic E-state index is 0.108. The number of nitrogens with zero attached hydrogens (tertiary/aromatic N) is 5. The van der Waals surface area contributed by atoms with Gasteiger partial charge in [-0.3, -0.25) is 4.79 Å². The second-order valence-electron chi connectivity index (χ2n) is 6.69. The normalized spacial score (nSPS) is 14.2. The summed E-state index contributed by atoms with van der Waals surface area (Å²) in [5.41, 5.74) is 0.783. The Labute approximate surface area is 164 Å². The highest BCUT2D eigenvalue weighted by Crippen LogP contribution is 2.20. The Morgan fingerprint density at radius 1 is 1.22 bits per heavy atom. The topological polar surface area (TPSA) is 95.9 Å². The molecule has 0 radical (unpaired) electrons. The van der Waals surface area contributed by atoms with Crippen LogP contribution in [0.5, 0.6) is 0 Å². The van der Waals surface area contributed by atoms with Gasteiger partial charge in [-0.15, -0.1) is 5.10 Å². The molecule has 1 fully saturated rings. The summed E-state index contributed by atoms with van der Waals surface area (Å²) in [4.78, 5) is 24.2. The zero-order chi connectivity index (χ0) is 19.1. The molecular formula is C18H27N7OS.